The number of amides is 1. The maximum Gasteiger partial charge on any atom is 0.273 e. The van der Waals surface area contributed by atoms with E-state index in [9.17, 15) is 14.4 Å². The smallest absolute Gasteiger partial charge is 0.273 e. The van der Waals surface area contributed by atoms with Gasteiger partial charge in [-0.2, -0.15) is 5.10 Å². The van der Waals surface area contributed by atoms with Crippen molar-refractivity contribution < 1.29 is 4.79 Å². The van der Waals surface area contributed by atoms with Crippen molar-refractivity contribution in [3.8, 4) is 5.82 Å². The molecule has 0 fully saturated rings. The Kier molecular flexibility index (Phi) is 4.55. The van der Waals surface area contributed by atoms with E-state index in [1.807, 2.05) is 0 Å². The average molecular weight is 376 g/mol. The third-order valence-electron chi connectivity index (χ3n) is 4.22. The first-order valence-corrected chi connectivity index (χ1v) is 8.55. The average Bonchev–Trinajstić information content (AvgIpc) is 3.26. The normalized spacial score (nSPS) is 10.9. The van der Waals surface area contributed by atoms with Gasteiger partial charge in [0, 0.05) is 25.1 Å². The number of carbonyl (C=O) groups is 1. The van der Waals surface area contributed by atoms with Crippen molar-refractivity contribution >= 4 is 16.7 Å². The molecule has 0 bridgehead atoms. The zero-order valence-corrected chi connectivity index (χ0v) is 14.7. The highest BCUT2D eigenvalue weighted by Gasteiger charge is 2.10. The van der Waals surface area contributed by atoms with Crippen LogP contribution in [0.4, 0.5) is 0 Å². The molecule has 0 aliphatic heterocycles. The Hall–Kier alpha value is -4.01. The molecule has 4 rings (SSSR count). The van der Waals surface area contributed by atoms with Gasteiger partial charge in [0.05, 0.1) is 10.8 Å². The predicted molar refractivity (Wildman–Crippen MR) is 102 cm³/mol. The lowest BCUT2D eigenvalue weighted by Gasteiger charge is -2.09. The third-order valence-corrected chi connectivity index (χ3v) is 4.22. The molecule has 0 unspecified atom stereocenters. The number of pyridine rings is 1. The molecule has 0 aliphatic rings. The number of rotatable bonds is 5. The Bertz CT molecular complexity index is 1260. The van der Waals surface area contributed by atoms with Crippen molar-refractivity contribution in [1.82, 2.24) is 29.9 Å². The molecule has 0 atom stereocenters. The minimum absolute atomic E-state index is 0.252. The van der Waals surface area contributed by atoms with Crippen LogP contribution in [0, 0.1) is 0 Å². The van der Waals surface area contributed by atoms with Crippen LogP contribution in [0.15, 0.2) is 70.6 Å². The quantitative estimate of drug-likeness (QED) is 0.529. The Morgan fingerprint density at radius 1 is 1.07 bits per heavy atom. The van der Waals surface area contributed by atoms with Gasteiger partial charge >= 0.3 is 0 Å². The number of H-pyrrole nitrogens is 1. The Balaban J connectivity index is 1.48. The molecule has 3 heterocycles. The highest BCUT2D eigenvalue weighted by molar-refractivity contribution is 5.81. The highest BCUT2D eigenvalue weighted by Crippen LogP contribution is 2.06. The van der Waals surface area contributed by atoms with E-state index < -0.39 is 17.0 Å². The number of aromatic amines is 1. The van der Waals surface area contributed by atoms with Gasteiger partial charge in [0.2, 0.25) is 5.91 Å². The summed E-state index contributed by atoms with van der Waals surface area (Å²) in [6.45, 7) is -0.0296. The lowest BCUT2D eigenvalue weighted by Crippen LogP contribution is -2.36. The van der Waals surface area contributed by atoms with Crippen molar-refractivity contribution in [1.29, 1.82) is 0 Å². The fraction of sp³-hybridized carbons (Fsp3) is 0.105. The molecule has 0 spiro atoms. The SMILES string of the molecule is O=C(Cn1[nH]c(=O)c2ccccc2c1=O)NCc1ccnc(-n2cccn2)c1. The number of hydrogen-bond acceptors (Lipinski definition) is 5. The van der Waals surface area contributed by atoms with Crippen molar-refractivity contribution in [3.05, 3.63) is 87.3 Å². The fourth-order valence-electron chi connectivity index (χ4n) is 2.86. The summed E-state index contributed by atoms with van der Waals surface area (Å²) in [5.74, 6) is 0.234. The van der Waals surface area contributed by atoms with Gasteiger partial charge in [0.15, 0.2) is 5.82 Å². The van der Waals surface area contributed by atoms with Crippen LogP contribution in [0.1, 0.15) is 5.56 Å². The van der Waals surface area contributed by atoms with Gasteiger partial charge in [-0.1, -0.05) is 12.1 Å². The second kappa shape index (κ2) is 7.31. The molecule has 0 saturated heterocycles. The Labute approximate surface area is 158 Å². The van der Waals surface area contributed by atoms with E-state index >= 15 is 0 Å². The molecule has 9 nitrogen and oxygen atoms in total. The van der Waals surface area contributed by atoms with Crippen LogP contribution in [0.3, 0.4) is 0 Å². The van der Waals surface area contributed by atoms with Crippen LogP contribution in [0.5, 0.6) is 0 Å². The summed E-state index contributed by atoms with van der Waals surface area (Å²) >= 11 is 0. The Morgan fingerprint density at radius 2 is 1.89 bits per heavy atom. The van der Waals surface area contributed by atoms with Gasteiger partial charge in [-0.15, -0.1) is 0 Å². The van der Waals surface area contributed by atoms with Gasteiger partial charge < -0.3 is 5.32 Å². The molecule has 2 N–H and O–H groups in total. The zero-order chi connectivity index (χ0) is 19.5. The van der Waals surface area contributed by atoms with Crippen LogP contribution >= 0.6 is 0 Å². The van der Waals surface area contributed by atoms with E-state index in [0.717, 1.165) is 10.2 Å². The van der Waals surface area contributed by atoms with E-state index in [-0.39, 0.29) is 18.5 Å². The summed E-state index contributed by atoms with van der Waals surface area (Å²) in [4.78, 5) is 41.1. The topological polar surface area (TPSA) is 115 Å². The number of nitrogens with zero attached hydrogens (tertiary/aromatic N) is 4. The first-order chi connectivity index (χ1) is 13.6. The molecule has 1 amide bonds. The predicted octanol–water partition coefficient (Wildman–Crippen LogP) is 0.587. The van der Waals surface area contributed by atoms with Crippen molar-refractivity contribution in [2.45, 2.75) is 13.1 Å². The van der Waals surface area contributed by atoms with Gasteiger partial charge in [0.1, 0.15) is 6.54 Å². The summed E-state index contributed by atoms with van der Waals surface area (Å²) in [6, 6.07) is 11.9. The molecule has 28 heavy (non-hydrogen) atoms. The second-order valence-corrected chi connectivity index (χ2v) is 6.13. The van der Waals surface area contributed by atoms with Crippen LogP contribution in [0.25, 0.3) is 16.6 Å². The molecule has 1 aromatic carbocycles. The van der Waals surface area contributed by atoms with E-state index in [1.165, 1.54) is 0 Å². The highest BCUT2D eigenvalue weighted by atomic mass is 16.2. The largest absolute Gasteiger partial charge is 0.350 e. The van der Waals surface area contributed by atoms with Crippen LogP contribution in [-0.4, -0.2) is 30.5 Å². The molecule has 4 aromatic rings. The number of benzene rings is 1. The summed E-state index contributed by atoms with van der Waals surface area (Å²) in [5.41, 5.74) is -0.00979. The number of carbonyl (C=O) groups excluding carboxylic acids is 1. The summed E-state index contributed by atoms with van der Waals surface area (Å²) in [5, 5.41) is 9.87. The zero-order valence-electron chi connectivity index (χ0n) is 14.7. The van der Waals surface area contributed by atoms with Crippen LogP contribution < -0.4 is 16.4 Å². The maximum absolute atomic E-state index is 12.5. The maximum atomic E-state index is 12.5. The number of nitrogens with one attached hydrogen (secondary N) is 2. The lowest BCUT2D eigenvalue weighted by molar-refractivity contribution is -0.122. The van der Waals surface area contributed by atoms with Crippen molar-refractivity contribution in [3.63, 3.8) is 0 Å². The van der Waals surface area contributed by atoms with Crippen molar-refractivity contribution in [2.75, 3.05) is 0 Å². The Morgan fingerprint density at radius 3 is 2.68 bits per heavy atom. The van der Waals surface area contributed by atoms with Gasteiger partial charge in [0.25, 0.3) is 11.1 Å². The molecule has 140 valence electrons. The molecule has 0 radical (unpaired) electrons. The molecular formula is C19H16N6O3. The summed E-state index contributed by atoms with van der Waals surface area (Å²) < 4.78 is 2.63. The van der Waals surface area contributed by atoms with Crippen LogP contribution in [-0.2, 0) is 17.9 Å². The first-order valence-electron chi connectivity index (χ1n) is 8.55. The molecule has 0 saturated carbocycles. The fourth-order valence-corrected chi connectivity index (χ4v) is 2.86. The first kappa shape index (κ1) is 17.4. The minimum atomic E-state index is -0.421. The van der Waals surface area contributed by atoms with Gasteiger partial charge in [-0.05, 0) is 35.9 Å². The standard InChI is InChI=1S/C19H16N6O3/c26-17(12-25-19(28)15-5-2-1-4-14(15)18(27)23-25)21-11-13-6-8-20-16(10-13)24-9-3-7-22-24/h1-10H,11-12H2,(H,21,26)(H,23,27). The van der Waals surface area contributed by atoms with Gasteiger partial charge in [-0.3, -0.25) is 19.5 Å². The van der Waals surface area contributed by atoms with E-state index in [2.05, 4.69) is 20.5 Å². The number of aromatic nitrogens is 5. The minimum Gasteiger partial charge on any atom is -0.350 e. The van der Waals surface area contributed by atoms with Crippen molar-refractivity contribution in [2.24, 2.45) is 0 Å². The molecule has 0 aliphatic carbocycles. The lowest BCUT2D eigenvalue weighted by atomic mass is 10.2. The molecule has 3 aromatic heterocycles. The molecular weight excluding hydrogens is 360 g/mol. The van der Waals surface area contributed by atoms with Crippen LogP contribution in [0.2, 0.25) is 0 Å². The van der Waals surface area contributed by atoms with E-state index in [0.29, 0.717) is 11.2 Å². The number of fused-ring (bicyclic) bond motifs is 1. The second-order valence-electron chi connectivity index (χ2n) is 6.13. The monoisotopic (exact) mass is 376 g/mol. The van der Waals surface area contributed by atoms with E-state index in [1.54, 1.807) is 65.7 Å². The number of hydrogen-bond donors (Lipinski definition) is 2. The summed E-state index contributed by atoms with van der Waals surface area (Å²) in [7, 11) is 0. The van der Waals surface area contributed by atoms with Gasteiger partial charge in [-0.25, -0.2) is 14.3 Å². The molecule has 9 heteroatoms. The third kappa shape index (κ3) is 3.45. The summed E-state index contributed by atoms with van der Waals surface area (Å²) in [6.07, 6.45) is 5.05. The van der Waals surface area contributed by atoms with E-state index in [4.69, 9.17) is 0 Å².